The van der Waals surface area contributed by atoms with Crippen molar-refractivity contribution in [1.82, 2.24) is 10.2 Å². The van der Waals surface area contributed by atoms with Gasteiger partial charge in [-0.1, -0.05) is 24.6 Å². The molecule has 0 aliphatic heterocycles. The van der Waals surface area contributed by atoms with Crippen LogP contribution in [0.4, 0.5) is 4.79 Å². The first-order chi connectivity index (χ1) is 10.6. The number of carbonyl (C=O) groups is 1. The van der Waals surface area contributed by atoms with Crippen molar-refractivity contribution in [2.75, 3.05) is 20.1 Å². The molecule has 0 fully saturated rings. The summed E-state index contributed by atoms with van der Waals surface area (Å²) < 4.78 is 6.25. The number of ether oxygens (including phenoxy) is 1. The smallest absolute Gasteiger partial charge is 0.410 e. The van der Waals surface area contributed by atoms with E-state index < -0.39 is 5.60 Å². The van der Waals surface area contributed by atoms with E-state index in [9.17, 15) is 4.79 Å². The molecule has 0 saturated carbocycles. The van der Waals surface area contributed by atoms with Crippen LogP contribution in [0.2, 0.25) is 5.02 Å². The number of hydrogen-bond donors (Lipinski definition) is 1. The lowest BCUT2D eigenvalue weighted by molar-refractivity contribution is 0.0277. The summed E-state index contributed by atoms with van der Waals surface area (Å²) >= 11 is 9.40. The maximum atomic E-state index is 11.9. The lowest BCUT2D eigenvalue weighted by Crippen LogP contribution is -2.38. The number of nitrogens with one attached hydrogen (secondary N) is 1. The van der Waals surface area contributed by atoms with Crippen molar-refractivity contribution in [2.24, 2.45) is 5.92 Å². The van der Waals surface area contributed by atoms with Crippen LogP contribution in [0, 0.1) is 5.92 Å². The van der Waals surface area contributed by atoms with Crippen molar-refractivity contribution in [2.45, 2.75) is 39.8 Å². The molecule has 130 valence electrons. The number of amides is 1. The molecule has 1 N–H and O–H groups in total. The van der Waals surface area contributed by atoms with Crippen LogP contribution >= 0.6 is 27.5 Å². The molecular formula is C17H26BrClN2O2. The molecule has 0 radical (unpaired) electrons. The summed E-state index contributed by atoms with van der Waals surface area (Å²) in [5, 5.41) is 4.11. The van der Waals surface area contributed by atoms with E-state index in [0.29, 0.717) is 17.5 Å². The first kappa shape index (κ1) is 20.3. The second-order valence-corrected chi connectivity index (χ2v) is 8.11. The van der Waals surface area contributed by atoms with Crippen molar-refractivity contribution in [1.29, 1.82) is 0 Å². The van der Waals surface area contributed by atoms with Crippen LogP contribution in [0.5, 0.6) is 0 Å². The zero-order chi connectivity index (χ0) is 17.6. The van der Waals surface area contributed by atoms with Gasteiger partial charge in [0.1, 0.15) is 5.60 Å². The molecule has 0 spiro atoms. The summed E-state index contributed by atoms with van der Waals surface area (Å²) in [5.74, 6) is 0.322. The molecule has 4 nitrogen and oxygen atoms in total. The van der Waals surface area contributed by atoms with Crippen molar-refractivity contribution in [3.63, 3.8) is 0 Å². The van der Waals surface area contributed by atoms with E-state index in [1.165, 1.54) is 0 Å². The van der Waals surface area contributed by atoms with E-state index in [1.54, 1.807) is 11.9 Å². The molecule has 1 aromatic carbocycles. The average molecular weight is 406 g/mol. The Morgan fingerprint density at radius 1 is 1.43 bits per heavy atom. The Morgan fingerprint density at radius 2 is 2.09 bits per heavy atom. The molecule has 0 heterocycles. The van der Waals surface area contributed by atoms with Gasteiger partial charge < -0.3 is 15.0 Å². The molecule has 1 atom stereocenters. The van der Waals surface area contributed by atoms with Gasteiger partial charge in [-0.05, 0) is 66.9 Å². The summed E-state index contributed by atoms with van der Waals surface area (Å²) in [6, 6.07) is 5.88. The molecule has 6 heteroatoms. The predicted octanol–water partition coefficient (Wildman–Crippen LogP) is 4.70. The van der Waals surface area contributed by atoms with Gasteiger partial charge in [0.2, 0.25) is 0 Å². The minimum absolute atomic E-state index is 0.286. The molecule has 0 aliphatic rings. The van der Waals surface area contributed by atoms with Crippen molar-refractivity contribution in [3.8, 4) is 0 Å². The standard InChI is InChI=1S/C17H26BrClN2O2/c1-12(11-21(5)16(22)23-17(2,3)4)9-20-10-13-6-7-15(19)14(18)8-13/h6-8,12,20H,9-11H2,1-5H3. The Labute approximate surface area is 152 Å². The van der Waals surface area contributed by atoms with E-state index in [-0.39, 0.29) is 6.09 Å². The van der Waals surface area contributed by atoms with E-state index in [2.05, 4.69) is 28.2 Å². The van der Waals surface area contributed by atoms with Crippen LogP contribution in [0.25, 0.3) is 0 Å². The average Bonchev–Trinajstić information content (AvgIpc) is 2.40. The van der Waals surface area contributed by atoms with Crippen LogP contribution in [0.1, 0.15) is 33.3 Å². The summed E-state index contributed by atoms with van der Waals surface area (Å²) in [6.07, 6.45) is -0.286. The monoisotopic (exact) mass is 404 g/mol. The lowest BCUT2D eigenvalue weighted by Gasteiger charge is -2.26. The fourth-order valence-corrected chi connectivity index (χ4v) is 2.60. The first-order valence-electron chi connectivity index (χ1n) is 7.67. The molecule has 1 unspecified atom stereocenters. The molecule has 0 saturated heterocycles. The van der Waals surface area contributed by atoms with Crippen LogP contribution in [0.3, 0.4) is 0 Å². The predicted molar refractivity (Wildman–Crippen MR) is 98.9 cm³/mol. The number of benzene rings is 1. The number of rotatable bonds is 6. The zero-order valence-corrected chi connectivity index (χ0v) is 16.8. The van der Waals surface area contributed by atoms with Gasteiger partial charge in [0.15, 0.2) is 0 Å². The highest BCUT2D eigenvalue weighted by Crippen LogP contribution is 2.23. The Hall–Kier alpha value is -0.780. The van der Waals surface area contributed by atoms with Gasteiger partial charge in [-0.2, -0.15) is 0 Å². The number of carbonyl (C=O) groups excluding carboxylic acids is 1. The second-order valence-electron chi connectivity index (χ2n) is 6.85. The van der Waals surface area contributed by atoms with Crippen LogP contribution < -0.4 is 5.32 Å². The van der Waals surface area contributed by atoms with Crippen molar-refractivity contribution in [3.05, 3.63) is 33.3 Å². The third kappa shape index (κ3) is 8.04. The molecule has 1 aromatic rings. The summed E-state index contributed by atoms with van der Waals surface area (Å²) in [7, 11) is 1.76. The largest absolute Gasteiger partial charge is 0.444 e. The maximum absolute atomic E-state index is 11.9. The normalized spacial score (nSPS) is 12.8. The fraction of sp³-hybridized carbons (Fsp3) is 0.588. The molecular weight excluding hydrogens is 380 g/mol. The Morgan fingerprint density at radius 3 is 2.65 bits per heavy atom. The Bertz CT molecular complexity index is 532. The van der Waals surface area contributed by atoms with Gasteiger partial charge >= 0.3 is 6.09 Å². The van der Waals surface area contributed by atoms with E-state index in [0.717, 1.165) is 23.1 Å². The minimum atomic E-state index is -0.463. The molecule has 23 heavy (non-hydrogen) atoms. The first-order valence-corrected chi connectivity index (χ1v) is 8.84. The third-order valence-corrected chi connectivity index (χ3v) is 4.31. The number of nitrogens with zero attached hydrogens (tertiary/aromatic N) is 1. The minimum Gasteiger partial charge on any atom is -0.444 e. The van der Waals surface area contributed by atoms with Gasteiger partial charge in [-0.3, -0.25) is 0 Å². The Kier molecular flexibility index (Phi) is 7.84. The highest BCUT2D eigenvalue weighted by Gasteiger charge is 2.20. The lowest BCUT2D eigenvalue weighted by atomic mass is 10.1. The van der Waals surface area contributed by atoms with Gasteiger partial charge in [-0.15, -0.1) is 0 Å². The second kappa shape index (κ2) is 8.90. The zero-order valence-electron chi connectivity index (χ0n) is 14.5. The van der Waals surface area contributed by atoms with Gasteiger partial charge in [0.25, 0.3) is 0 Å². The quantitative estimate of drug-likeness (QED) is 0.746. The number of hydrogen-bond acceptors (Lipinski definition) is 3. The summed E-state index contributed by atoms with van der Waals surface area (Å²) in [6.45, 7) is 9.93. The van der Waals surface area contributed by atoms with E-state index in [1.807, 2.05) is 39.0 Å². The van der Waals surface area contributed by atoms with Gasteiger partial charge in [0.05, 0.1) is 5.02 Å². The molecule has 0 aromatic heterocycles. The fourth-order valence-electron chi connectivity index (χ4n) is 2.06. The molecule has 0 aliphatic carbocycles. The van der Waals surface area contributed by atoms with Crippen LogP contribution in [0.15, 0.2) is 22.7 Å². The van der Waals surface area contributed by atoms with E-state index in [4.69, 9.17) is 16.3 Å². The van der Waals surface area contributed by atoms with Crippen LogP contribution in [-0.2, 0) is 11.3 Å². The van der Waals surface area contributed by atoms with Crippen LogP contribution in [-0.4, -0.2) is 36.7 Å². The topological polar surface area (TPSA) is 41.6 Å². The maximum Gasteiger partial charge on any atom is 0.410 e. The number of halogens is 2. The molecule has 1 amide bonds. The summed E-state index contributed by atoms with van der Waals surface area (Å²) in [5.41, 5.74) is 0.698. The van der Waals surface area contributed by atoms with Gasteiger partial charge in [-0.25, -0.2) is 4.79 Å². The highest BCUT2D eigenvalue weighted by molar-refractivity contribution is 9.10. The van der Waals surface area contributed by atoms with Gasteiger partial charge in [0, 0.05) is 24.6 Å². The molecule has 0 bridgehead atoms. The van der Waals surface area contributed by atoms with E-state index >= 15 is 0 Å². The van der Waals surface area contributed by atoms with Crippen molar-refractivity contribution < 1.29 is 9.53 Å². The SMILES string of the molecule is CC(CNCc1ccc(Cl)c(Br)c1)CN(C)C(=O)OC(C)(C)C. The highest BCUT2D eigenvalue weighted by atomic mass is 79.9. The Balaban J connectivity index is 2.34. The molecule has 1 rings (SSSR count). The third-order valence-electron chi connectivity index (χ3n) is 3.10. The summed E-state index contributed by atoms with van der Waals surface area (Å²) in [4.78, 5) is 13.5. The van der Waals surface area contributed by atoms with Crippen molar-refractivity contribution >= 4 is 33.6 Å².